The molecular weight excluding hydrogens is 266 g/mol. The number of para-hydroxylation sites is 1. The molecule has 0 aliphatic rings. The monoisotopic (exact) mass is 291 g/mol. The van der Waals surface area contributed by atoms with E-state index >= 15 is 0 Å². The molecule has 116 valence electrons. The maximum atomic E-state index is 5.95. The number of furan rings is 1. The standard InChI is InChI=1S/C17H25NO3/c1-6-20-17(3,4)11-18-12(2)15-10-13-8-7-9-14(19-5)16(13)21-15/h7-10,12,18H,6,11H2,1-5H3. The lowest BCUT2D eigenvalue weighted by Crippen LogP contribution is -2.38. The summed E-state index contributed by atoms with van der Waals surface area (Å²) in [5.41, 5.74) is 0.611. The van der Waals surface area contributed by atoms with E-state index in [1.807, 2.05) is 25.1 Å². The molecule has 0 fully saturated rings. The van der Waals surface area contributed by atoms with E-state index in [1.54, 1.807) is 7.11 Å². The SMILES string of the molecule is CCOC(C)(C)CNC(C)c1cc2cccc(OC)c2o1. The van der Waals surface area contributed by atoms with E-state index in [-0.39, 0.29) is 11.6 Å². The Morgan fingerprint density at radius 1 is 1.33 bits per heavy atom. The van der Waals surface area contributed by atoms with Crippen LogP contribution in [0.1, 0.15) is 39.5 Å². The molecule has 1 atom stereocenters. The van der Waals surface area contributed by atoms with Crippen LogP contribution in [-0.2, 0) is 4.74 Å². The van der Waals surface area contributed by atoms with Gasteiger partial charge in [-0.2, -0.15) is 0 Å². The van der Waals surface area contributed by atoms with Crippen molar-refractivity contribution in [1.82, 2.24) is 5.32 Å². The predicted molar refractivity (Wildman–Crippen MR) is 84.9 cm³/mol. The summed E-state index contributed by atoms with van der Waals surface area (Å²) in [6, 6.07) is 8.08. The van der Waals surface area contributed by atoms with Crippen molar-refractivity contribution in [2.75, 3.05) is 20.3 Å². The van der Waals surface area contributed by atoms with E-state index in [2.05, 4.69) is 32.2 Å². The van der Waals surface area contributed by atoms with Crippen LogP contribution in [0.25, 0.3) is 11.0 Å². The number of rotatable bonds is 7. The molecule has 0 aliphatic carbocycles. The lowest BCUT2D eigenvalue weighted by atomic mass is 10.1. The van der Waals surface area contributed by atoms with Crippen LogP contribution in [0.4, 0.5) is 0 Å². The molecule has 4 nitrogen and oxygen atoms in total. The Kier molecular flexibility index (Phi) is 4.91. The number of ether oxygens (including phenoxy) is 2. The highest BCUT2D eigenvalue weighted by molar-refractivity contribution is 5.83. The first-order valence-corrected chi connectivity index (χ1v) is 7.40. The summed E-state index contributed by atoms with van der Waals surface area (Å²) < 4.78 is 17.0. The summed E-state index contributed by atoms with van der Waals surface area (Å²) in [5.74, 6) is 1.67. The van der Waals surface area contributed by atoms with Crippen LogP contribution in [0, 0.1) is 0 Å². The summed E-state index contributed by atoms with van der Waals surface area (Å²) in [7, 11) is 1.66. The van der Waals surface area contributed by atoms with Gasteiger partial charge in [0, 0.05) is 18.5 Å². The van der Waals surface area contributed by atoms with Crippen LogP contribution in [0.15, 0.2) is 28.7 Å². The third-order valence-corrected chi connectivity index (χ3v) is 3.54. The Labute approximate surface area is 126 Å². The average Bonchev–Trinajstić information content (AvgIpc) is 2.88. The average molecular weight is 291 g/mol. The quantitative estimate of drug-likeness (QED) is 0.840. The second-order valence-electron chi connectivity index (χ2n) is 5.82. The minimum Gasteiger partial charge on any atom is -0.493 e. The topological polar surface area (TPSA) is 43.6 Å². The highest BCUT2D eigenvalue weighted by Gasteiger charge is 2.20. The smallest absolute Gasteiger partial charge is 0.176 e. The summed E-state index contributed by atoms with van der Waals surface area (Å²) in [5, 5.41) is 4.52. The third-order valence-electron chi connectivity index (χ3n) is 3.54. The summed E-state index contributed by atoms with van der Waals surface area (Å²) >= 11 is 0. The maximum absolute atomic E-state index is 5.95. The molecule has 0 saturated carbocycles. The fraction of sp³-hybridized carbons (Fsp3) is 0.529. The van der Waals surface area contributed by atoms with Crippen molar-refractivity contribution >= 4 is 11.0 Å². The summed E-state index contributed by atoms with van der Waals surface area (Å²) in [6.07, 6.45) is 0. The molecule has 1 aromatic heterocycles. The Morgan fingerprint density at radius 2 is 2.10 bits per heavy atom. The van der Waals surface area contributed by atoms with Gasteiger partial charge < -0.3 is 19.2 Å². The Bertz CT molecular complexity index is 589. The molecule has 0 radical (unpaired) electrons. The highest BCUT2D eigenvalue weighted by atomic mass is 16.5. The molecule has 0 aliphatic heterocycles. The molecule has 1 unspecified atom stereocenters. The van der Waals surface area contributed by atoms with Crippen LogP contribution in [0.3, 0.4) is 0 Å². The Balaban J connectivity index is 2.11. The molecule has 0 spiro atoms. The molecule has 4 heteroatoms. The van der Waals surface area contributed by atoms with Crippen LogP contribution >= 0.6 is 0 Å². The van der Waals surface area contributed by atoms with Gasteiger partial charge in [0.05, 0.1) is 18.8 Å². The van der Waals surface area contributed by atoms with Crippen molar-refractivity contribution in [3.8, 4) is 5.75 Å². The van der Waals surface area contributed by atoms with Gasteiger partial charge in [-0.15, -0.1) is 0 Å². The van der Waals surface area contributed by atoms with E-state index in [1.165, 1.54) is 0 Å². The first-order chi connectivity index (χ1) is 9.96. The second kappa shape index (κ2) is 6.50. The van der Waals surface area contributed by atoms with Crippen molar-refractivity contribution < 1.29 is 13.9 Å². The normalized spacial score (nSPS) is 13.6. The molecule has 21 heavy (non-hydrogen) atoms. The van der Waals surface area contributed by atoms with Crippen molar-refractivity contribution in [2.45, 2.75) is 39.3 Å². The van der Waals surface area contributed by atoms with Gasteiger partial charge in [-0.3, -0.25) is 0 Å². The maximum Gasteiger partial charge on any atom is 0.176 e. The van der Waals surface area contributed by atoms with Crippen molar-refractivity contribution in [3.05, 3.63) is 30.0 Å². The van der Waals surface area contributed by atoms with Gasteiger partial charge in [0.1, 0.15) is 5.76 Å². The zero-order valence-corrected chi connectivity index (χ0v) is 13.5. The zero-order chi connectivity index (χ0) is 15.5. The predicted octanol–water partition coefficient (Wildman–Crippen LogP) is 3.91. The highest BCUT2D eigenvalue weighted by Crippen LogP contribution is 2.30. The fourth-order valence-corrected chi connectivity index (χ4v) is 2.37. The van der Waals surface area contributed by atoms with Crippen LogP contribution in [-0.4, -0.2) is 25.9 Å². The number of hydrogen-bond acceptors (Lipinski definition) is 4. The second-order valence-corrected chi connectivity index (χ2v) is 5.82. The molecular formula is C17H25NO3. The Morgan fingerprint density at radius 3 is 2.76 bits per heavy atom. The van der Waals surface area contributed by atoms with Crippen LogP contribution < -0.4 is 10.1 Å². The van der Waals surface area contributed by atoms with E-state index in [4.69, 9.17) is 13.9 Å². The first kappa shape index (κ1) is 15.9. The number of benzene rings is 1. The molecule has 2 rings (SSSR count). The number of nitrogens with one attached hydrogen (secondary N) is 1. The van der Waals surface area contributed by atoms with Gasteiger partial charge in [-0.05, 0) is 39.8 Å². The lowest BCUT2D eigenvalue weighted by Gasteiger charge is -2.26. The van der Waals surface area contributed by atoms with E-state index in [9.17, 15) is 0 Å². The van der Waals surface area contributed by atoms with Gasteiger partial charge in [-0.1, -0.05) is 12.1 Å². The largest absolute Gasteiger partial charge is 0.493 e. The van der Waals surface area contributed by atoms with Gasteiger partial charge >= 0.3 is 0 Å². The van der Waals surface area contributed by atoms with Gasteiger partial charge in [0.25, 0.3) is 0 Å². The lowest BCUT2D eigenvalue weighted by molar-refractivity contribution is -0.0106. The molecule has 0 bridgehead atoms. The van der Waals surface area contributed by atoms with E-state index in [0.29, 0.717) is 6.61 Å². The van der Waals surface area contributed by atoms with Crippen molar-refractivity contribution in [2.24, 2.45) is 0 Å². The Hall–Kier alpha value is -1.52. The minimum absolute atomic E-state index is 0.113. The summed E-state index contributed by atoms with van der Waals surface area (Å²) in [4.78, 5) is 0. The third kappa shape index (κ3) is 3.77. The number of methoxy groups -OCH3 is 1. The van der Waals surface area contributed by atoms with Crippen molar-refractivity contribution in [3.63, 3.8) is 0 Å². The van der Waals surface area contributed by atoms with E-state index < -0.39 is 0 Å². The van der Waals surface area contributed by atoms with Gasteiger partial charge in [-0.25, -0.2) is 0 Å². The number of fused-ring (bicyclic) bond motifs is 1. The molecule has 1 aromatic carbocycles. The molecule has 1 heterocycles. The zero-order valence-electron chi connectivity index (χ0n) is 13.5. The van der Waals surface area contributed by atoms with Crippen LogP contribution in [0.5, 0.6) is 5.75 Å². The van der Waals surface area contributed by atoms with Gasteiger partial charge in [0.15, 0.2) is 11.3 Å². The molecule has 2 aromatic rings. The van der Waals surface area contributed by atoms with Crippen LogP contribution in [0.2, 0.25) is 0 Å². The minimum atomic E-state index is -0.188. The van der Waals surface area contributed by atoms with Crippen molar-refractivity contribution in [1.29, 1.82) is 0 Å². The molecule has 1 N–H and O–H groups in total. The molecule has 0 amide bonds. The summed E-state index contributed by atoms with van der Waals surface area (Å²) in [6.45, 7) is 9.74. The van der Waals surface area contributed by atoms with E-state index in [0.717, 1.165) is 29.0 Å². The van der Waals surface area contributed by atoms with Gasteiger partial charge in [0.2, 0.25) is 0 Å². The fourth-order valence-electron chi connectivity index (χ4n) is 2.37. The molecule has 0 saturated heterocycles. The first-order valence-electron chi connectivity index (χ1n) is 7.40. The number of hydrogen-bond donors (Lipinski definition) is 1.